The zero-order valence-electron chi connectivity index (χ0n) is 10.4. The molecule has 0 unspecified atom stereocenters. The van der Waals surface area contributed by atoms with Crippen molar-refractivity contribution in [2.45, 2.75) is 13.0 Å². The summed E-state index contributed by atoms with van der Waals surface area (Å²) >= 11 is 0. The fraction of sp³-hybridized carbons (Fsp3) is 0.538. The van der Waals surface area contributed by atoms with E-state index in [2.05, 4.69) is 0 Å². The highest BCUT2D eigenvalue weighted by Gasteiger charge is 2.01. The lowest BCUT2D eigenvalue weighted by Gasteiger charge is -2.09. The molecular formula is C13H20O4. The van der Waals surface area contributed by atoms with Crippen molar-refractivity contribution in [3.8, 4) is 5.75 Å². The Hall–Kier alpha value is -1.10. The molecule has 1 aromatic rings. The van der Waals surface area contributed by atoms with Gasteiger partial charge in [0.2, 0.25) is 0 Å². The van der Waals surface area contributed by atoms with E-state index in [9.17, 15) is 5.11 Å². The maximum atomic E-state index is 9.42. The number of benzene rings is 1. The molecule has 0 amide bonds. The van der Waals surface area contributed by atoms with Crippen LogP contribution in [-0.4, -0.2) is 38.6 Å². The molecule has 0 aliphatic rings. The number of methoxy groups -OCH3 is 1. The van der Waals surface area contributed by atoms with Gasteiger partial charge in [0.1, 0.15) is 12.4 Å². The molecule has 0 aromatic heterocycles. The summed E-state index contributed by atoms with van der Waals surface area (Å²) in [5.41, 5.74) is 0.850. The van der Waals surface area contributed by atoms with Crippen LogP contribution in [0, 0.1) is 0 Å². The van der Waals surface area contributed by atoms with E-state index in [4.69, 9.17) is 14.2 Å². The monoisotopic (exact) mass is 240 g/mol. The molecule has 0 saturated carbocycles. The molecule has 0 aliphatic carbocycles. The van der Waals surface area contributed by atoms with Crippen molar-refractivity contribution in [2.24, 2.45) is 0 Å². The molecule has 4 nitrogen and oxygen atoms in total. The van der Waals surface area contributed by atoms with Gasteiger partial charge in [0.25, 0.3) is 0 Å². The Kier molecular flexibility index (Phi) is 6.62. The molecule has 1 atom stereocenters. The molecule has 4 heteroatoms. The average Bonchev–Trinajstić information content (AvgIpc) is 2.34. The zero-order chi connectivity index (χ0) is 12.5. The highest BCUT2D eigenvalue weighted by atomic mass is 16.5. The number of hydrogen-bond acceptors (Lipinski definition) is 4. The van der Waals surface area contributed by atoms with Crippen molar-refractivity contribution >= 4 is 0 Å². The Morgan fingerprint density at radius 1 is 1.18 bits per heavy atom. The summed E-state index contributed by atoms with van der Waals surface area (Å²) in [7, 11) is 1.64. The maximum absolute atomic E-state index is 9.42. The van der Waals surface area contributed by atoms with Gasteiger partial charge in [-0.25, -0.2) is 0 Å². The van der Waals surface area contributed by atoms with Gasteiger partial charge in [0.05, 0.1) is 25.9 Å². The Morgan fingerprint density at radius 3 is 2.65 bits per heavy atom. The number of ether oxygens (including phenoxy) is 3. The van der Waals surface area contributed by atoms with Gasteiger partial charge in [-0.2, -0.15) is 0 Å². The second kappa shape index (κ2) is 8.06. The van der Waals surface area contributed by atoms with E-state index in [1.165, 1.54) is 0 Å². The van der Waals surface area contributed by atoms with Gasteiger partial charge in [-0.15, -0.1) is 0 Å². The summed E-state index contributed by atoms with van der Waals surface area (Å²) in [6.45, 7) is 3.92. The van der Waals surface area contributed by atoms with Crippen LogP contribution in [0.4, 0.5) is 0 Å². The van der Waals surface area contributed by atoms with Crippen molar-refractivity contribution in [1.29, 1.82) is 0 Å². The quantitative estimate of drug-likeness (QED) is 0.704. The first-order valence-corrected chi connectivity index (χ1v) is 5.71. The zero-order valence-corrected chi connectivity index (χ0v) is 10.4. The molecule has 0 saturated heterocycles. The minimum absolute atomic E-state index is 0.475. The smallest absolute Gasteiger partial charge is 0.119 e. The summed E-state index contributed by atoms with van der Waals surface area (Å²) in [5, 5.41) is 9.42. The summed E-state index contributed by atoms with van der Waals surface area (Å²) in [6.07, 6.45) is -0.475. The minimum Gasteiger partial charge on any atom is -0.491 e. The van der Waals surface area contributed by atoms with Crippen molar-refractivity contribution in [2.75, 3.05) is 33.5 Å². The molecule has 0 spiro atoms. The summed E-state index contributed by atoms with van der Waals surface area (Å²) < 4.78 is 15.6. The first-order valence-electron chi connectivity index (χ1n) is 5.71. The van der Waals surface area contributed by atoms with Crippen LogP contribution in [0.2, 0.25) is 0 Å². The second-order valence-corrected chi connectivity index (χ2v) is 3.70. The Balaban J connectivity index is 2.24. The van der Waals surface area contributed by atoms with E-state index in [0.29, 0.717) is 26.4 Å². The van der Waals surface area contributed by atoms with Gasteiger partial charge < -0.3 is 19.3 Å². The first-order chi connectivity index (χ1) is 8.24. The summed E-state index contributed by atoms with van der Waals surface area (Å²) in [6, 6.07) is 7.43. The summed E-state index contributed by atoms with van der Waals surface area (Å²) in [5.74, 6) is 0.749. The highest BCUT2D eigenvalue weighted by molar-refractivity contribution is 5.29. The molecule has 0 radical (unpaired) electrons. The third kappa shape index (κ3) is 5.68. The first kappa shape index (κ1) is 14.0. The standard InChI is InChI=1S/C13H20O4/c1-11(14)12-4-3-5-13(10-12)17-9-8-16-7-6-15-2/h3-5,10-11,14H,6-9H2,1-2H3/t11-/m1/s1. The van der Waals surface area contributed by atoms with Crippen LogP contribution in [0.5, 0.6) is 5.75 Å². The van der Waals surface area contributed by atoms with Gasteiger partial charge in [0.15, 0.2) is 0 Å². The van der Waals surface area contributed by atoms with Gasteiger partial charge in [-0.1, -0.05) is 12.1 Å². The molecule has 0 aliphatic heterocycles. The molecule has 0 heterocycles. The van der Waals surface area contributed by atoms with Crippen molar-refractivity contribution < 1.29 is 19.3 Å². The lowest BCUT2D eigenvalue weighted by Crippen LogP contribution is -2.10. The topological polar surface area (TPSA) is 47.9 Å². The van der Waals surface area contributed by atoms with Crippen LogP contribution in [-0.2, 0) is 9.47 Å². The van der Waals surface area contributed by atoms with Gasteiger partial charge in [-0.3, -0.25) is 0 Å². The van der Waals surface area contributed by atoms with Gasteiger partial charge >= 0.3 is 0 Å². The Bertz CT molecular complexity index is 312. The number of rotatable bonds is 8. The summed E-state index contributed by atoms with van der Waals surface area (Å²) in [4.78, 5) is 0. The molecule has 0 fully saturated rings. The predicted octanol–water partition coefficient (Wildman–Crippen LogP) is 1.78. The highest BCUT2D eigenvalue weighted by Crippen LogP contribution is 2.18. The third-order valence-electron chi connectivity index (χ3n) is 2.27. The number of hydrogen-bond donors (Lipinski definition) is 1. The van der Waals surface area contributed by atoms with Gasteiger partial charge in [-0.05, 0) is 24.6 Å². The lowest BCUT2D eigenvalue weighted by molar-refractivity contribution is 0.0544. The van der Waals surface area contributed by atoms with E-state index < -0.39 is 6.10 Å². The van der Waals surface area contributed by atoms with Gasteiger partial charge in [0, 0.05) is 7.11 Å². The molecule has 1 aromatic carbocycles. The second-order valence-electron chi connectivity index (χ2n) is 3.70. The van der Waals surface area contributed by atoms with E-state index in [1.54, 1.807) is 14.0 Å². The van der Waals surface area contributed by atoms with Crippen LogP contribution in [0.15, 0.2) is 24.3 Å². The molecular weight excluding hydrogens is 220 g/mol. The maximum Gasteiger partial charge on any atom is 0.119 e. The van der Waals surface area contributed by atoms with E-state index >= 15 is 0 Å². The van der Waals surface area contributed by atoms with Crippen LogP contribution < -0.4 is 4.74 Å². The average molecular weight is 240 g/mol. The SMILES string of the molecule is COCCOCCOc1cccc([C@@H](C)O)c1. The molecule has 1 rings (SSSR count). The molecule has 1 N–H and O–H groups in total. The normalized spacial score (nSPS) is 12.4. The molecule has 96 valence electrons. The number of aliphatic hydroxyl groups excluding tert-OH is 1. The van der Waals surface area contributed by atoms with E-state index in [0.717, 1.165) is 11.3 Å². The number of aliphatic hydroxyl groups is 1. The van der Waals surface area contributed by atoms with Crippen molar-refractivity contribution in [3.63, 3.8) is 0 Å². The largest absolute Gasteiger partial charge is 0.491 e. The van der Waals surface area contributed by atoms with Crippen molar-refractivity contribution in [1.82, 2.24) is 0 Å². The van der Waals surface area contributed by atoms with Crippen molar-refractivity contribution in [3.05, 3.63) is 29.8 Å². The third-order valence-corrected chi connectivity index (χ3v) is 2.27. The fourth-order valence-corrected chi connectivity index (χ4v) is 1.33. The van der Waals surface area contributed by atoms with E-state index in [-0.39, 0.29) is 0 Å². The predicted molar refractivity (Wildman–Crippen MR) is 65.3 cm³/mol. The van der Waals surface area contributed by atoms with Crippen LogP contribution in [0.25, 0.3) is 0 Å². The van der Waals surface area contributed by atoms with Crippen LogP contribution >= 0.6 is 0 Å². The molecule has 17 heavy (non-hydrogen) atoms. The van der Waals surface area contributed by atoms with E-state index in [1.807, 2.05) is 24.3 Å². The van der Waals surface area contributed by atoms with Crippen LogP contribution in [0.1, 0.15) is 18.6 Å². The lowest BCUT2D eigenvalue weighted by atomic mass is 10.1. The Labute approximate surface area is 102 Å². The fourth-order valence-electron chi connectivity index (χ4n) is 1.33. The van der Waals surface area contributed by atoms with Crippen LogP contribution in [0.3, 0.4) is 0 Å². The minimum atomic E-state index is -0.475. The molecule has 0 bridgehead atoms. The Morgan fingerprint density at radius 2 is 1.94 bits per heavy atom.